The minimum Gasteiger partial charge on any atom is -0.478 e. The van der Waals surface area contributed by atoms with E-state index in [4.69, 9.17) is 5.11 Å². The van der Waals surface area contributed by atoms with E-state index in [0.717, 1.165) is 15.6 Å². The fourth-order valence-corrected chi connectivity index (χ4v) is 1.74. The second-order valence-electron chi connectivity index (χ2n) is 3.62. The highest BCUT2D eigenvalue weighted by Gasteiger charge is 2.02. The Balaban J connectivity index is 2.13. The molecule has 0 aliphatic heterocycles. The van der Waals surface area contributed by atoms with E-state index in [2.05, 4.69) is 15.9 Å². The van der Waals surface area contributed by atoms with Crippen LogP contribution in [0.1, 0.15) is 21.5 Å². The first-order chi connectivity index (χ1) is 8.15. The molecule has 0 saturated heterocycles. The van der Waals surface area contributed by atoms with Crippen LogP contribution in [0.2, 0.25) is 0 Å². The van der Waals surface area contributed by atoms with Crippen molar-refractivity contribution >= 4 is 21.9 Å². The van der Waals surface area contributed by atoms with Crippen molar-refractivity contribution in [3.8, 4) is 0 Å². The molecule has 0 saturated carbocycles. The molecule has 0 bridgehead atoms. The summed E-state index contributed by atoms with van der Waals surface area (Å²) < 4.78 is 1.04. The van der Waals surface area contributed by atoms with Gasteiger partial charge in [-0.2, -0.15) is 0 Å². The molecule has 0 amide bonds. The van der Waals surface area contributed by atoms with Gasteiger partial charge in [0.25, 0.3) is 0 Å². The van der Waals surface area contributed by atoms with Crippen LogP contribution in [-0.2, 0) is 0 Å². The Kier molecular flexibility index (Phi) is 3.59. The maximum Gasteiger partial charge on any atom is 0.335 e. The van der Waals surface area contributed by atoms with Crippen molar-refractivity contribution < 1.29 is 9.90 Å². The van der Waals surface area contributed by atoms with Crippen LogP contribution < -0.4 is 0 Å². The maximum absolute atomic E-state index is 10.7. The lowest BCUT2D eigenvalue weighted by atomic mass is 10.0. The summed E-state index contributed by atoms with van der Waals surface area (Å²) in [6, 6.07) is 14.7. The number of carboxylic acids is 1. The quantitative estimate of drug-likeness (QED) is 0.934. The summed E-state index contributed by atoms with van der Waals surface area (Å²) in [6.45, 7) is 0. The smallest absolute Gasteiger partial charge is 0.335 e. The molecule has 0 atom stereocenters. The summed E-state index contributed by atoms with van der Waals surface area (Å²) in [5.41, 5.74) is 2.37. The fourth-order valence-electron chi connectivity index (χ4n) is 1.47. The molecule has 0 heterocycles. The average molecular weight is 290 g/mol. The minimum atomic E-state index is -0.903. The molecule has 2 aromatic carbocycles. The summed E-state index contributed by atoms with van der Waals surface area (Å²) in [7, 11) is 0. The lowest BCUT2D eigenvalue weighted by Crippen LogP contribution is -1.95. The van der Waals surface area contributed by atoms with Gasteiger partial charge in [0.05, 0.1) is 5.56 Å². The van der Waals surface area contributed by atoms with Gasteiger partial charge in [-0.1, -0.05) is 40.2 Å². The van der Waals surface area contributed by atoms with Crippen molar-refractivity contribution in [1.82, 2.24) is 0 Å². The zero-order valence-corrected chi connectivity index (χ0v) is 10.5. The van der Waals surface area contributed by atoms with Crippen LogP contribution in [0.15, 0.2) is 53.0 Å². The average Bonchev–Trinajstić information content (AvgIpc) is 2.33. The summed E-state index contributed by atoms with van der Waals surface area (Å²) >= 11 is 3.38. The van der Waals surface area contributed by atoms with Crippen molar-refractivity contribution in [2.24, 2.45) is 0 Å². The first-order valence-electron chi connectivity index (χ1n) is 5.09. The van der Waals surface area contributed by atoms with E-state index in [1.54, 1.807) is 24.3 Å². The van der Waals surface area contributed by atoms with Crippen LogP contribution in [0.4, 0.5) is 0 Å². The predicted molar refractivity (Wildman–Crippen MR) is 70.0 cm³/mol. The van der Waals surface area contributed by atoms with Crippen LogP contribution in [0.25, 0.3) is 0 Å². The number of rotatable bonds is 3. The molecular formula is C14H10BrO2. The second-order valence-corrected chi connectivity index (χ2v) is 4.54. The molecular weight excluding hydrogens is 280 g/mol. The Morgan fingerprint density at radius 2 is 1.41 bits per heavy atom. The van der Waals surface area contributed by atoms with E-state index in [9.17, 15) is 4.79 Å². The molecule has 1 radical (unpaired) electrons. The zero-order valence-electron chi connectivity index (χ0n) is 8.93. The molecule has 17 heavy (non-hydrogen) atoms. The van der Waals surface area contributed by atoms with Gasteiger partial charge in [0.2, 0.25) is 0 Å². The lowest BCUT2D eigenvalue weighted by Gasteiger charge is -2.02. The highest BCUT2D eigenvalue weighted by Crippen LogP contribution is 2.16. The van der Waals surface area contributed by atoms with Gasteiger partial charge >= 0.3 is 5.97 Å². The third-order valence-corrected chi connectivity index (χ3v) is 2.89. The third-order valence-electron chi connectivity index (χ3n) is 2.36. The molecule has 0 aromatic heterocycles. The van der Waals surface area contributed by atoms with E-state index in [1.165, 1.54) is 0 Å². The minimum absolute atomic E-state index is 0.304. The third kappa shape index (κ3) is 3.17. The van der Waals surface area contributed by atoms with E-state index in [0.29, 0.717) is 5.56 Å². The van der Waals surface area contributed by atoms with E-state index >= 15 is 0 Å². The van der Waals surface area contributed by atoms with Gasteiger partial charge in [0.15, 0.2) is 0 Å². The Morgan fingerprint density at radius 1 is 0.941 bits per heavy atom. The molecule has 0 aliphatic rings. The number of halogens is 1. The number of benzene rings is 2. The van der Waals surface area contributed by atoms with Crippen molar-refractivity contribution in [2.75, 3.05) is 0 Å². The number of aromatic carboxylic acids is 1. The summed E-state index contributed by atoms with van der Waals surface area (Å²) in [5.74, 6) is -0.903. The fraction of sp³-hybridized carbons (Fsp3) is 0. The van der Waals surface area contributed by atoms with Crippen molar-refractivity contribution in [3.63, 3.8) is 0 Å². The van der Waals surface area contributed by atoms with Gasteiger partial charge in [-0.05, 0) is 35.4 Å². The SMILES string of the molecule is O=C(O)c1ccc([CH]c2ccc(Br)cc2)cc1. The zero-order chi connectivity index (χ0) is 12.3. The van der Waals surface area contributed by atoms with Crippen molar-refractivity contribution in [2.45, 2.75) is 0 Å². The molecule has 1 N–H and O–H groups in total. The summed E-state index contributed by atoms with van der Waals surface area (Å²) in [5, 5.41) is 8.78. The first kappa shape index (κ1) is 11.9. The van der Waals surface area contributed by atoms with Crippen molar-refractivity contribution in [3.05, 3.63) is 76.1 Å². The van der Waals surface area contributed by atoms with E-state index in [1.807, 2.05) is 30.7 Å². The molecule has 2 nitrogen and oxygen atoms in total. The van der Waals surface area contributed by atoms with Crippen LogP contribution in [0, 0.1) is 6.42 Å². The standard InChI is InChI=1S/C14H10BrO2/c15-13-7-3-11(4-8-13)9-10-1-5-12(6-2-10)14(16)17/h1-9H,(H,16,17). The number of hydrogen-bond acceptors (Lipinski definition) is 1. The Hall–Kier alpha value is -1.61. The van der Waals surface area contributed by atoms with Crippen molar-refractivity contribution in [1.29, 1.82) is 0 Å². The number of carboxylic acid groups (broad SMARTS) is 1. The lowest BCUT2D eigenvalue weighted by molar-refractivity contribution is 0.0697. The van der Waals surface area contributed by atoms with Gasteiger partial charge in [-0.3, -0.25) is 0 Å². The Morgan fingerprint density at radius 3 is 1.88 bits per heavy atom. The van der Waals surface area contributed by atoms with Crippen LogP contribution in [0.5, 0.6) is 0 Å². The molecule has 3 heteroatoms. The van der Waals surface area contributed by atoms with Gasteiger partial charge in [-0.15, -0.1) is 0 Å². The number of hydrogen-bond donors (Lipinski definition) is 1. The summed E-state index contributed by atoms with van der Waals surface area (Å²) in [4.78, 5) is 10.7. The highest BCUT2D eigenvalue weighted by molar-refractivity contribution is 9.10. The monoisotopic (exact) mass is 289 g/mol. The van der Waals surface area contributed by atoms with Crippen LogP contribution in [-0.4, -0.2) is 11.1 Å². The largest absolute Gasteiger partial charge is 0.478 e. The maximum atomic E-state index is 10.7. The predicted octanol–water partition coefficient (Wildman–Crippen LogP) is 3.75. The van der Waals surface area contributed by atoms with E-state index in [-0.39, 0.29) is 0 Å². The first-order valence-corrected chi connectivity index (χ1v) is 5.88. The highest BCUT2D eigenvalue weighted by atomic mass is 79.9. The molecule has 85 valence electrons. The number of carbonyl (C=O) groups is 1. The molecule has 2 aromatic rings. The summed E-state index contributed by atoms with van der Waals surface area (Å²) in [6.07, 6.45) is 2.00. The molecule has 0 spiro atoms. The normalized spacial score (nSPS) is 10.2. The topological polar surface area (TPSA) is 37.3 Å². The van der Waals surface area contributed by atoms with Crippen LogP contribution in [0.3, 0.4) is 0 Å². The van der Waals surface area contributed by atoms with E-state index < -0.39 is 5.97 Å². The van der Waals surface area contributed by atoms with Crippen LogP contribution >= 0.6 is 15.9 Å². The van der Waals surface area contributed by atoms with Gasteiger partial charge in [0, 0.05) is 10.9 Å². The molecule has 0 unspecified atom stereocenters. The second kappa shape index (κ2) is 5.15. The molecule has 2 rings (SSSR count). The van der Waals surface area contributed by atoms with Gasteiger partial charge < -0.3 is 5.11 Å². The Bertz CT molecular complexity index is 515. The molecule has 0 fully saturated rings. The Labute approximate surface area is 108 Å². The van der Waals surface area contributed by atoms with Gasteiger partial charge in [0.1, 0.15) is 0 Å². The molecule has 0 aliphatic carbocycles. The van der Waals surface area contributed by atoms with Gasteiger partial charge in [-0.25, -0.2) is 4.79 Å².